The number of ether oxygens (including phenoxy) is 1. The Bertz CT molecular complexity index is 291. The molecular formula is C12H17NOS. The van der Waals surface area contributed by atoms with E-state index < -0.39 is 0 Å². The molecule has 0 bridgehead atoms. The van der Waals surface area contributed by atoms with E-state index in [2.05, 4.69) is 17.4 Å². The highest BCUT2D eigenvalue weighted by Crippen LogP contribution is 2.23. The first-order valence-electron chi connectivity index (χ1n) is 5.35. The zero-order chi connectivity index (χ0) is 10.5. The molecule has 2 nitrogen and oxygen atoms in total. The molecule has 1 saturated heterocycles. The maximum Gasteiger partial charge on any atom is 0.118 e. The Morgan fingerprint density at radius 3 is 2.87 bits per heavy atom. The molecule has 0 radical (unpaired) electrons. The molecule has 1 fully saturated rings. The van der Waals surface area contributed by atoms with Crippen molar-refractivity contribution in [3.8, 4) is 5.75 Å². The molecule has 0 aromatic heterocycles. The van der Waals surface area contributed by atoms with Crippen LogP contribution in [0.2, 0.25) is 0 Å². The van der Waals surface area contributed by atoms with Crippen molar-refractivity contribution in [1.29, 1.82) is 0 Å². The van der Waals surface area contributed by atoms with Crippen LogP contribution in [0.15, 0.2) is 24.3 Å². The smallest absolute Gasteiger partial charge is 0.118 e. The summed E-state index contributed by atoms with van der Waals surface area (Å²) in [5.74, 6) is 3.38. The average molecular weight is 223 g/mol. The highest BCUT2D eigenvalue weighted by atomic mass is 32.2. The van der Waals surface area contributed by atoms with Crippen LogP contribution in [0.4, 0.5) is 0 Å². The van der Waals surface area contributed by atoms with E-state index >= 15 is 0 Å². The molecule has 0 spiro atoms. The van der Waals surface area contributed by atoms with E-state index in [9.17, 15) is 0 Å². The summed E-state index contributed by atoms with van der Waals surface area (Å²) in [4.78, 5) is 0. The number of rotatable bonds is 2. The van der Waals surface area contributed by atoms with Crippen LogP contribution in [0, 0.1) is 0 Å². The number of hydrogen-bond acceptors (Lipinski definition) is 3. The summed E-state index contributed by atoms with van der Waals surface area (Å²) >= 11 is 2.03. The molecule has 1 atom stereocenters. The lowest BCUT2D eigenvalue weighted by molar-refractivity contribution is 0.414. The fourth-order valence-electron chi connectivity index (χ4n) is 1.76. The van der Waals surface area contributed by atoms with Crippen molar-refractivity contribution < 1.29 is 4.74 Å². The Balaban J connectivity index is 2.06. The highest BCUT2D eigenvalue weighted by Gasteiger charge is 2.13. The molecule has 15 heavy (non-hydrogen) atoms. The number of methoxy groups -OCH3 is 1. The number of benzene rings is 1. The van der Waals surface area contributed by atoms with Gasteiger partial charge < -0.3 is 10.1 Å². The van der Waals surface area contributed by atoms with Crippen LogP contribution in [0.5, 0.6) is 5.75 Å². The number of nitrogens with one attached hydrogen (secondary N) is 1. The average Bonchev–Trinajstić information content (AvgIpc) is 2.58. The molecule has 1 N–H and O–H groups in total. The Kier molecular flexibility index (Phi) is 3.92. The van der Waals surface area contributed by atoms with Crippen LogP contribution in [0.1, 0.15) is 18.0 Å². The SMILES string of the molecule is COc1ccc(C2CSCCCN2)cc1. The van der Waals surface area contributed by atoms with Crippen LogP contribution >= 0.6 is 11.8 Å². The summed E-state index contributed by atoms with van der Waals surface area (Å²) < 4.78 is 5.16. The molecule has 82 valence electrons. The van der Waals surface area contributed by atoms with Gasteiger partial charge in [-0.3, -0.25) is 0 Å². The van der Waals surface area contributed by atoms with E-state index in [1.807, 2.05) is 23.9 Å². The minimum Gasteiger partial charge on any atom is -0.497 e. The molecule has 1 aromatic carbocycles. The standard InChI is InChI=1S/C12H17NOS/c1-14-11-5-3-10(4-6-11)12-9-15-8-2-7-13-12/h3-6,12-13H,2,7-9H2,1H3. The lowest BCUT2D eigenvalue weighted by atomic mass is 10.1. The van der Waals surface area contributed by atoms with E-state index in [1.54, 1.807) is 7.11 Å². The van der Waals surface area contributed by atoms with E-state index in [-0.39, 0.29) is 0 Å². The predicted molar refractivity (Wildman–Crippen MR) is 65.7 cm³/mol. The molecule has 1 aliphatic heterocycles. The predicted octanol–water partition coefficient (Wildman–Crippen LogP) is 2.46. The molecule has 0 saturated carbocycles. The second-order valence-corrected chi connectivity index (χ2v) is 4.86. The van der Waals surface area contributed by atoms with Gasteiger partial charge in [0, 0.05) is 11.8 Å². The zero-order valence-electron chi connectivity index (χ0n) is 9.03. The summed E-state index contributed by atoms with van der Waals surface area (Å²) in [5.41, 5.74) is 1.37. The lowest BCUT2D eigenvalue weighted by Crippen LogP contribution is -2.22. The maximum atomic E-state index is 5.16. The summed E-state index contributed by atoms with van der Waals surface area (Å²) in [6, 6.07) is 8.88. The summed E-state index contributed by atoms with van der Waals surface area (Å²) in [6.45, 7) is 1.13. The monoisotopic (exact) mass is 223 g/mol. The minimum atomic E-state index is 0.503. The molecule has 1 unspecified atom stereocenters. The van der Waals surface area contributed by atoms with Crippen LogP contribution in [0.25, 0.3) is 0 Å². The van der Waals surface area contributed by atoms with Gasteiger partial charge in [-0.25, -0.2) is 0 Å². The van der Waals surface area contributed by atoms with Crippen molar-refractivity contribution in [3.05, 3.63) is 29.8 Å². The fraction of sp³-hybridized carbons (Fsp3) is 0.500. The zero-order valence-corrected chi connectivity index (χ0v) is 9.85. The van der Waals surface area contributed by atoms with Crippen molar-refractivity contribution >= 4 is 11.8 Å². The van der Waals surface area contributed by atoms with Gasteiger partial charge in [-0.1, -0.05) is 12.1 Å². The molecule has 3 heteroatoms. The van der Waals surface area contributed by atoms with E-state index in [1.165, 1.54) is 23.5 Å². The molecule has 2 rings (SSSR count). The first kappa shape index (κ1) is 10.8. The first-order chi connectivity index (χ1) is 7.40. The van der Waals surface area contributed by atoms with Gasteiger partial charge in [-0.2, -0.15) is 11.8 Å². The van der Waals surface area contributed by atoms with Crippen LogP contribution < -0.4 is 10.1 Å². The van der Waals surface area contributed by atoms with Gasteiger partial charge in [0.05, 0.1) is 7.11 Å². The van der Waals surface area contributed by atoms with E-state index in [4.69, 9.17) is 4.74 Å². The summed E-state index contributed by atoms with van der Waals surface area (Å²) in [7, 11) is 1.70. The molecular weight excluding hydrogens is 206 g/mol. The lowest BCUT2D eigenvalue weighted by Gasteiger charge is -2.15. The normalized spacial score (nSPS) is 22.1. The molecule has 1 aromatic rings. The van der Waals surface area contributed by atoms with Crippen molar-refractivity contribution in [2.45, 2.75) is 12.5 Å². The van der Waals surface area contributed by atoms with Gasteiger partial charge in [-0.15, -0.1) is 0 Å². The fourth-order valence-corrected chi connectivity index (χ4v) is 2.82. The molecule has 0 amide bonds. The third-order valence-corrected chi connectivity index (χ3v) is 3.81. The highest BCUT2D eigenvalue weighted by molar-refractivity contribution is 7.99. The third kappa shape index (κ3) is 2.89. The maximum absolute atomic E-state index is 5.16. The topological polar surface area (TPSA) is 21.3 Å². The van der Waals surface area contributed by atoms with E-state index in [0.717, 1.165) is 12.3 Å². The quantitative estimate of drug-likeness (QED) is 0.832. The second kappa shape index (κ2) is 5.42. The Labute approximate surface area is 95.4 Å². The first-order valence-corrected chi connectivity index (χ1v) is 6.50. The van der Waals surface area contributed by atoms with Gasteiger partial charge in [0.2, 0.25) is 0 Å². The minimum absolute atomic E-state index is 0.503. The largest absolute Gasteiger partial charge is 0.497 e. The van der Waals surface area contributed by atoms with Crippen LogP contribution in [-0.2, 0) is 0 Å². The number of hydrogen-bond donors (Lipinski definition) is 1. The second-order valence-electron chi connectivity index (χ2n) is 3.71. The van der Waals surface area contributed by atoms with Crippen molar-refractivity contribution in [2.75, 3.05) is 25.2 Å². The Morgan fingerprint density at radius 2 is 2.13 bits per heavy atom. The van der Waals surface area contributed by atoms with Crippen molar-refractivity contribution in [2.24, 2.45) is 0 Å². The van der Waals surface area contributed by atoms with Gasteiger partial charge >= 0.3 is 0 Å². The van der Waals surface area contributed by atoms with E-state index in [0.29, 0.717) is 6.04 Å². The van der Waals surface area contributed by atoms with Gasteiger partial charge in [0.25, 0.3) is 0 Å². The third-order valence-electron chi connectivity index (χ3n) is 2.66. The van der Waals surface area contributed by atoms with Gasteiger partial charge in [0.15, 0.2) is 0 Å². The van der Waals surface area contributed by atoms with Gasteiger partial charge in [0.1, 0.15) is 5.75 Å². The van der Waals surface area contributed by atoms with Crippen molar-refractivity contribution in [1.82, 2.24) is 5.32 Å². The molecule has 1 heterocycles. The van der Waals surface area contributed by atoms with Crippen LogP contribution in [-0.4, -0.2) is 25.2 Å². The Hall–Kier alpha value is -0.670. The summed E-state index contributed by atoms with van der Waals surface area (Å²) in [5, 5.41) is 3.57. The van der Waals surface area contributed by atoms with Gasteiger partial charge in [-0.05, 0) is 36.4 Å². The summed E-state index contributed by atoms with van der Waals surface area (Å²) in [6.07, 6.45) is 1.28. The molecule has 1 aliphatic rings. The Morgan fingerprint density at radius 1 is 1.33 bits per heavy atom. The van der Waals surface area contributed by atoms with Crippen molar-refractivity contribution in [3.63, 3.8) is 0 Å². The number of thioether (sulfide) groups is 1. The molecule has 0 aliphatic carbocycles. The van der Waals surface area contributed by atoms with Crippen LogP contribution in [0.3, 0.4) is 0 Å².